The van der Waals surface area contributed by atoms with E-state index in [1.807, 2.05) is 13.8 Å². The first kappa shape index (κ1) is 9.99. The van der Waals surface area contributed by atoms with Crippen molar-refractivity contribution in [1.82, 2.24) is 0 Å². The van der Waals surface area contributed by atoms with Gasteiger partial charge in [-0.1, -0.05) is 6.07 Å². The molecule has 2 N–H and O–H groups in total. The molecule has 0 aromatic heterocycles. The lowest BCUT2D eigenvalue weighted by atomic mass is 10.1. The highest BCUT2D eigenvalue weighted by molar-refractivity contribution is 5.36. The van der Waals surface area contributed by atoms with Gasteiger partial charge in [0, 0.05) is 17.7 Å². The first-order valence-corrected chi connectivity index (χ1v) is 4.33. The van der Waals surface area contributed by atoms with Crippen LogP contribution in [-0.2, 0) is 0 Å². The molecule has 0 amide bonds. The van der Waals surface area contributed by atoms with E-state index < -0.39 is 0 Å². The van der Waals surface area contributed by atoms with Crippen LogP contribution in [0.25, 0.3) is 0 Å². The molecule has 2 nitrogen and oxygen atoms in total. The average molecular weight is 183 g/mol. The fourth-order valence-corrected chi connectivity index (χ4v) is 1.16. The molecule has 1 unspecified atom stereocenters. The molecule has 0 saturated carbocycles. The van der Waals surface area contributed by atoms with Crippen molar-refractivity contribution in [3.8, 4) is 5.75 Å². The monoisotopic (exact) mass is 183 g/mol. The molecule has 0 aliphatic heterocycles. The molecule has 1 aromatic carbocycles. The molecule has 0 aliphatic rings. The van der Waals surface area contributed by atoms with Crippen LogP contribution in [0.5, 0.6) is 5.75 Å². The Labute approximate surface area is 77.5 Å². The van der Waals surface area contributed by atoms with Gasteiger partial charge in [-0.15, -0.1) is 0 Å². The summed E-state index contributed by atoms with van der Waals surface area (Å²) in [6, 6.07) is 4.27. The fourth-order valence-electron chi connectivity index (χ4n) is 1.16. The highest BCUT2D eigenvalue weighted by Crippen LogP contribution is 2.24. The first-order chi connectivity index (χ1) is 6.15. The van der Waals surface area contributed by atoms with Gasteiger partial charge in [-0.3, -0.25) is 0 Å². The zero-order chi connectivity index (χ0) is 9.84. The van der Waals surface area contributed by atoms with Gasteiger partial charge in [-0.05, 0) is 19.9 Å². The first-order valence-electron chi connectivity index (χ1n) is 4.33. The van der Waals surface area contributed by atoms with Crippen LogP contribution in [0.1, 0.15) is 25.5 Å². The maximum absolute atomic E-state index is 12.8. The Hall–Kier alpha value is -1.09. The number of hydrogen-bond donors (Lipinski definition) is 1. The van der Waals surface area contributed by atoms with Gasteiger partial charge in [0.2, 0.25) is 0 Å². The van der Waals surface area contributed by atoms with Crippen LogP contribution in [0.15, 0.2) is 18.2 Å². The molecule has 1 aromatic rings. The minimum atomic E-state index is -0.298. The van der Waals surface area contributed by atoms with Crippen molar-refractivity contribution in [3.05, 3.63) is 29.6 Å². The van der Waals surface area contributed by atoms with Crippen molar-refractivity contribution < 1.29 is 9.13 Å². The summed E-state index contributed by atoms with van der Waals surface area (Å²) >= 11 is 0. The van der Waals surface area contributed by atoms with Gasteiger partial charge in [-0.25, -0.2) is 4.39 Å². The lowest BCUT2D eigenvalue weighted by Crippen LogP contribution is -2.08. The van der Waals surface area contributed by atoms with Gasteiger partial charge < -0.3 is 10.5 Å². The SMILES string of the molecule is CCOc1cc(F)ccc1C(C)N. The molecular formula is C10H14FNO. The van der Waals surface area contributed by atoms with Crippen LogP contribution in [0.4, 0.5) is 4.39 Å². The quantitative estimate of drug-likeness (QED) is 0.780. The van der Waals surface area contributed by atoms with Crippen LogP contribution >= 0.6 is 0 Å². The van der Waals surface area contributed by atoms with Crippen LogP contribution in [0.3, 0.4) is 0 Å². The second kappa shape index (κ2) is 4.23. The largest absolute Gasteiger partial charge is 0.493 e. The summed E-state index contributed by atoms with van der Waals surface area (Å²) in [4.78, 5) is 0. The fraction of sp³-hybridized carbons (Fsp3) is 0.400. The van der Waals surface area contributed by atoms with E-state index in [0.717, 1.165) is 5.56 Å². The summed E-state index contributed by atoms with van der Waals surface area (Å²) in [7, 11) is 0. The highest BCUT2D eigenvalue weighted by Gasteiger charge is 2.08. The van der Waals surface area contributed by atoms with E-state index in [1.165, 1.54) is 12.1 Å². The normalized spacial score (nSPS) is 12.6. The van der Waals surface area contributed by atoms with Gasteiger partial charge in [0.1, 0.15) is 11.6 Å². The molecule has 0 bridgehead atoms. The molecule has 72 valence electrons. The molecule has 0 radical (unpaired) electrons. The Morgan fingerprint density at radius 1 is 1.54 bits per heavy atom. The third kappa shape index (κ3) is 2.42. The molecule has 0 saturated heterocycles. The second-order valence-electron chi connectivity index (χ2n) is 2.90. The molecule has 3 heteroatoms. The summed E-state index contributed by atoms with van der Waals surface area (Å²) in [6.45, 7) is 4.22. The minimum absolute atomic E-state index is 0.137. The number of rotatable bonds is 3. The van der Waals surface area contributed by atoms with Gasteiger partial charge in [-0.2, -0.15) is 0 Å². The number of ether oxygens (including phenoxy) is 1. The maximum atomic E-state index is 12.8. The standard InChI is InChI=1S/C10H14FNO/c1-3-13-10-6-8(11)4-5-9(10)7(2)12/h4-7H,3,12H2,1-2H3. The molecule has 0 spiro atoms. The molecule has 0 aliphatic carbocycles. The summed E-state index contributed by atoms with van der Waals surface area (Å²) in [5, 5.41) is 0. The van der Waals surface area contributed by atoms with Crippen molar-refractivity contribution in [2.45, 2.75) is 19.9 Å². The molecule has 0 heterocycles. The summed E-state index contributed by atoms with van der Waals surface area (Å²) in [5.74, 6) is 0.241. The van der Waals surface area contributed by atoms with Crippen molar-refractivity contribution in [1.29, 1.82) is 0 Å². The number of halogens is 1. The van der Waals surface area contributed by atoms with E-state index in [4.69, 9.17) is 10.5 Å². The van der Waals surface area contributed by atoms with Crippen molar-refractivity contribution in [2.75, 3.05) is 6.61 Å². The minimum Gasteiger partial charge on any atom is -0.493 e. The number of benzene rings is 1. The third-order valence-corrected chi connectivity index (χ3v) is 1.77. The lowest BCUT2D eigenvalue weighted by Gasteiger charge is -2.12. The number of hydrogen-bond acceptors (Lipinski definition) is 2. The Kier molecular flexibility index (Phi) is 3.25. The molecule has 13 heavy (non-hydrogen) atoms. The van der Waals surface area contributed by atoms with Crippen LogP contribution < -0.4 is 10.5 Å². The third-order valence-electron chi connectivity index (χ3n) is 1.77. The average Bonchev–Trinajstić information content (AvgIpc) is 2.04. The van der Waals surface area contributed by atoms with Gasteiger partial charge in [0.15, 0.2) is 0 Å². The molecule has 0 fully saturated rings. The van der Waals surface area contributed by atoms with Gasteiger partial charge in [0.25, 0.3) is 0 Å². The number of nitrogens with two attached hydrogens (primary N) is 1. The van der Waals surface area contributed by atoms with Crippen molar-refractivity contribution >= 4 is 0 Å². The molecular weight excluding hydrogens is 169 g/mol. The lowest BCUT2D eigenvalue weighted by molar-refractivity contribution is 0.333. The van der Waals surface area contributed by atoms with E-state index in [-0.39, 0.29) is 11.9 Å². The Morgan fingerprint density at radius 2 is 2.23 bits per heavy atom. The van der Waals surface area contributed by atoms with Crippen LogP contribution in [-0.4, -0.2) is 6.61 Å². The second-order valence-corrected chi connectivity index (χ2v) is 2.90. The van der Waals surface area contributed by atoms with E-state index >= 15 is 0 Å². The zero-order valence-electron chi connectivity index (χ0n) is 7.88. The van der Waals surface area contributed by atoms with Crippen LogP contribution in [0.2, 0.25) is 0 Å². The van der Waals surface area contributed by atoms with Gasteiger partial charge >= 0.3 is 0 Å². The topological polar surface area (TPSA) is 35.2 Å². The van der Waals surface area contributed by atoms with Gasteiger partial charge in [0.05, 0.1) is 6.61 Å². The van der Waals surface area contributed by atoms with Crippen molar-refractivity contribution in [2.24, 2.45) is 5.73 Å². The van der Waals surface area contributed by atoms with E-state index in [0.29, 0.717) is 12.4 Å². The van der Waals surface area contributed by atoms with E-state index in [2.05, 4.69) is 0 Å². The Morgan fingerprint density at radius 3 is 2.77 bits per heavy atom. The maximum Gasteiger partial charge on any atom is 0.126 e. The Bertz CT molecular complexity index is 286. The zero-order valence-corrected chi connectivity index (χ0v) is 7.88. The molecule has 1 atom stereocenters. The Balaban J connectivity index is 3.03. The van der Waals surface area contributed by atoms with E-state index in [1.54, 1.807) is 6.07 Å². The summed E-state index contributed by atoms with van der Waals surface area (Å²) in [6.07, 6.45) is 0. The van der Waals surface area contributed by atoms with E-state index in [9.17, 15) is 4.39 Å². The summed E-state index contributed by atoms with van der Waals surface area (Å²) < 4.78 is 18.1. The predicted molar refractivity (Wildman–Crippen MR) is 50.2 cm³/mol. The summed E-state index contributed by atoms with van der Waals surface area (Å²) in [5.41, 5.74) is 6.53. The smallest absolute Gasteiger partial charge is 0.126 e. The van der Waals surface area contributed by atoms with Crippen molar-refractivity contribution in [3.63, 3.8) is 0 Å². The highest BCUT2D eigenvalue weighted by atomic mass is 19.1. The molecule has 1 rings (SSSR count). The van der Waals surface area contributed by atoms with Crippen LogP contribution in [0, 0.1) is 5.82 Å². The predicted octanol–water partition coefficient (Wildman–Crippen LogP) is 2.24.